The molecular weight excluding hydrogens is 236 g/mol. The number of nitrogens with two attached hydrogens (primary N) is 1. The molecule has 6 heteroatoms. The first-order valence-electron chi connectivity index (χ1n) is 6.30. The Morgan fingerprint density at radius 2 is 2.17 bits per heavy atom. The minimum atomic E-state index is -0.557. The molecule has 0 unspecified atom stereocenters. The highest BCUT2D eigenvalue weighted by Crippen LogP contribution is 2.34. The van der Waals surface area contributed by atoms with E-state index in [4.69, 9.17) is 15.2 Å². The van der Waals surface area contributed by atoms with E-state index in [2.05, 4.69) is 0 Å². The van der Waals surface area contributed by atoms with Crippen LogP contribution in [0, 0.1) is 5.92 Å². The summed E-state index contributed by atoms with van der Waals surface area (Å²) in [6.45, 7) is 6.32. The minimum Gasteiger partial charge on any atom is -0.444 e. The van der Waals surface area contributed by atoms with Crippen molar-refractivity contribution in [3.8, 4) is 0 Å². The molecule has 2 saturated heterocycles. The van der Waals surface area contributed by atoms with Crippen LogP contribution in [0.1, 0.15) is 20.8 Å². The van der Waals surface area contributed by atoms with E-state index in [9.17, 15) is 9.90 Å². The third kappa shape index (κ3) is 2.32. The zero-order valence-electron chi connectivity index (χ0n) is 11.1. The fourth-order valence-electron chi connectivity index (χ4n) is 2.73. The first-order chi connectivity index (χ1) is 8.35. The lowest BCUT2D eigenvalue weighted by molar-refractivity contribution is 0.00348. The summed E-state index contributed by atoms with van der Waals surface area (Å²) in [4.78, 5) is 13.8. The monoisotopic (exact) mass is 258 g/mol. The summed E-state index contributed by atoms with van der Waals surface area (Å²) in [5.41, 5.74) is 5.52. The van der Waals surface area contributed by atoms with Crippen LogP contribution >= 0.6 is 0 Å². The van der Waals surface area contributed by atoms with Gasteiger partial charge in [0.05, 0.1) is 31.9 Å². The second-order valence-electron chi connectivity index (χ2n) is 5.98. The molecule has 2 rings (SSSR count). The molecule has 0 aromatic carbocycles. The van der Waals surface area contributed by atoms with Crippen LogP contribution in [-0.2, 0) is 9.47 Å². The van der Waals surface area contributed by atoms with Crippen molar-refractivity contribution in [2.45, 2.75) is 44.5 Å². The molecule has 104 valence electrons. The fourth-order valence-corrected chi connectivity index (χ4v) is 2.73. The molecule has 2 aliphatic rings. The maximum absolute atomic E-state index is 12.2. The second kappa shape index (κ2) is 4.68. The number of aliphatic hydroxyl groups excluding tert-OH is 1. The Morgan fingerprint density at radius 1 is 1.50 bits per heavy atom. The van der Waals surface area contributed by atoms with E-state index in [0.717, 1.165) is 0 Å². The van der Waals surface area contributed by atoms with Gasteiger partial charge in [0.2, 0.25) is 0 Å². The average molecular weight is 258 g/mol. The van der Waals surface area contributed by atoms with Crippen LogP contribution in [0.25, 0.3) is 0 Å². The zero-order valence-corrected chi connectivity index (χ0v) is 11.1. The largest absolute Gasteiger partial charge is 0.444 e. The van der Waals surface area contributed by atoms with Gasteiger partial charge >= 0.3 is 6.09 Å². The highest BCUT2D eigenvalue weighted by Gasteiger charge is 2.52. The Hall–Kier alpha value is -0.850. The Balaban J connectivity index is 2.16. The van der Waals surface area contributed by atoms with Crippen LogP contribution in [0.3, 0.4) is 0 Å². The number of ether oxygens (including phenoxy) is 2. The molecule has 2 fully saturated rings. The molecular formula is C12H22N2O4. The molecule has 6 nitrogen and oxygen atoms in total. The molecule has 2 aliphatic heterocycles. The number of hydrogen-bond acceptors (Lipinski definition) is 5. The molecule has 0 radical (unpaired) electrons. The van der Waals surface area contributed by atoms with Crippen LogP contribution in [0.15, 0.2) is 0 Å². The number of rotatable bonds is 1. The summed E-state index contributed by atoms with van der Waals surface area (Å²) in [7, 11) is 0. The summed E-state index contributed by atoms with van der Waals surface area (Å²) in [6, 6.07) is -0.708. The fraction of sp³-hybridized carbons (Fsp3) is 0.917. The van der Waals surface area contributed by atoms with Gasteiger partial charge in [-0.2, -0.15) is 0 Å². The van der Waals surface area contributed by atoms with Gasteiger partial charge in [0.15, 0.2) is 0 Å². The molecule has 0 aromatic heterocycles. The summed E-state index contributed by atoms with van der Waals surface area (Å²) in [5.74, 6) is 0.0923. The van der Waals surface area contributed by atoms with Crippen molar-refractivity contribution in [1.82, 2.24) is 4.90 Å². The number of likely N-dealkylation sites (tertiary alicyclic amines) is 1. The van der Waals surface area contributed by atoms with Crippen molar-refractivity contribution in [1.29, 1.82) is 0 Å². The van der Waals surface area contributed by atoms with E-state index in [1.807, 2.05) is 20.8 Å². The summed E-state index contributed by atoms with van der Waals surface area (Å²) < 4.78 is 10.7. The van der Waals surface area contributed by atoms with Crippen LogP contribution in [-0.4, -0.2) is 59.6 Å². The summed E-state index contributed by atoms with van der Waals surface area (Å²) >= 11 is 0. The molecule has 4 atom stereocenters. The first kappa shape index (κ1) is 13.6. The van der Waals surface area contributed by atoms with Gasteiger partial charge < -0.3 is 20.3 Å². The van der Waals surface area contributed by atoms with Crippen LogP contribution in [0.5, 0.6) is 0 Å². The van der Waals surface area contributed by atoms with E-state index in [0.29, 0.717) is 13.2 Å². The van der Waals surface area contributed by atoms with Gasteiger partial charge in [0.25, 0.3) is 0 Å². The van der Waals surface area contributed by atoms with Gasteiger partial charge in [0.1, 0.15) is 5.60 Å². The molecule has 0 bridgehead atoms. The highest BCUT2D eigenvalue weighted by molar-refractivity contribution is 5.70. The summed E-state index contributed by atoms with van der Waals surface area (Å²) in [5, 5.41) is 9.44. The molecule has 0 saturated carbocycles. The molecule has 0 aromatic rings. The van der Waals surface area contributed by atoms with E-state index in [1.165, 1.54) is 0 Å². The van der Waals surface area contributed by atoms with Gasteiger partial charge in [-0.3, -0.25) is 4.90 Å². The van der Waals surface area contributed by atoms with Gasteiger partial charge in [-0.15, -0.1) is 0 Å². The van der Waals surface area contributed by atoms with Crippen molar-refractivity contribution in [3.05, 3.63) is 0 Å². The molecule has 0 aliphatic carbocycles. The topological polar surface area (TPSA) is 85.0 Å². The maximum atomic E-state index is 12.2. The van der Waals surface area contributed by atoms with Gasteiger partial charge in [0, 0.05) is 12.0 Å². The zero-order chi connectivity index (χ0) is 13.5. The van der Waals surface area contributed by atoms with Crippen LogP contribution in [0.4, 0.5) is 4.79 Å². The molecule has 2 heterocycles. The smallest absolute Gasteiger partial charge is 0.411 e. The van der Waals surface area contributed by atoms with E-state index in [-0.39, 0.29) is 30.7 Å². The normalized spacial score (nSPS) is 35.7. The highest BCUT2D eigenvalue weighted by atomic mass is 16.6. The van der Waals surface area contributed by atoms with Crippen molar-refractivity contribution < 1.29 is 19.4 Å². The minimum absolute atomic E-state index is 0.0769. The number of aliphatic hydroxyl groups is 1. The standard InChI is InChI=1S/C12H22N2O4/c1-12(2,3)18-11(16)14-8(4-15)10(13)7-5-17-6-9(7)14/h7-10,15H,4-6,13H2,1-3H3/t7-,8+,9+,10-/m0/s1. The van der Waals surface area contributed by atoms with Gasteiger partial charge in [-0.05, 0) is 20.8 Å². The molecule has 0 spiro atoms. The van der Waals surface area contributed by atoms with Crippen LogP contribution < -0.4 is 5.73 Å². The number of amides is 1. The lowest BCUT2D eigenvalue weighted by atomic mass is 9.98. The van der Waals surface area contributed by atoms with Crippen molar-refractivity contribution >= 4 is 6.09 Å². The Labute approximate surface area is 107 Å². The number of hydrogen-bond donors (Lipinski definition) is 2. The molecule has 1 amide bonds. The SMILES string of the molecule is CC(C)(C)OC(=O)N1[C@H](CO)[C@@H](N)[C@H]2COC[C@H]21. The van der Waals surface area contributed by atoms with Crippen molar-refractivity contribution in [2.75, 3.05) is 19.8 Å². The lowest BCUT2D eigenvalue weighted by Crippen LogP contribution is -2.49. The Morgan fingerprint density at radius 3 is 2.72 bits per heavy atom. The summed E-state index contributed by atoms with van der Waals surface area (Å²) in [6.07, 6.45) is -0.421. The quantitative estimate of drug-likeness (QED) is 0.688. The Bertz CT molecular complexity index is 327. The number of fused-ring (bicyclic) bond motifs is 1. The second-order valence-corrected chi connectivity index (χ2v) is 5.98. The molecule has 18 heavy (non-hydrogen) atoms. The van der Waals surface area contributed by atoms with E-state index < -0.39 is 11.7 Å². The lowest BCUT2D eigenvalue weighted by Gasteiger charge is -2.31. The first-order valence-corrected chi connectivity index (χ1v) is 6.30. The predicted octanol–water partition coefficient (Wildman–Crippen LogP) is -0.0597. The number of carbonyl (C=O) groups excluding carboxylic acids is 1. The van der Waals surface area contributed by atoms with Crippen molar-refractivity contribution in [2.24, 2.45) is 11.7 Å². The van der Waals surface area contributed by atoms with E-state index >= 15 is 0 Å². The third-order valence-corrected chi connectivity index (χ3v) is 3.54. The predicted molar refractivity (Wildman–Crippen MR) is 65.0 cm³/mol. The third-order valence-electron chi connectivity index (χ3n) is 3.54. The van der Waals surface area contributed by atoms with E-state index in [1.54, 1.807) is 4.90 Å². The van der Waals surface area contributed by atoms with Gasteiger partial charge in [-0.25, -0.2) is 4.79 Å². The molecule has 3 N–H and O–H groups in total. The number of nitrogens with zero attached hydrogens (tertiary/aromatic N) is 1. The Kier molecular flexibility index (Phi) is 3.53. The maximum Gasteiger partial charge on any atom is 0.411 e. The average Bonchev–Trinajstić information content (AvgIpc) is 2.77. The van der Waals surface area contributed by atoms with Crippen LogP contribution in [0.2, 0.25) is 0 Å². The number of carbonyl (C=O) groups is 1. The van der Waals surface area contributed by atoms with Crippen molar-refractivity contribution in [3.63, 3.8) is 0 Å². The van der Waals surface area contributed by atoms with Gasteiger partial charge in [-0.1, -0.05) is 0 Å².